The van der Waals surface area contributed by atoms with Gasteiger partial charge in [-0.2, -0.15) is 36.1 Å². The molecule has 0 radical (unpaired) electrons. The van der Waals surface area contributed by atoms with Crippen LogP contribution < -0.4 is 10.6 Å². The molecule has 2 N–H and O–H groups in total. The summed E-state index contributed by atoms with van der Waals surface area (Å²) in [4.78, 5) is 31.4. The molecule has 3 rings (SSSR count). The van der Waals surface area contributed by atoms with Crippen molar-refractivity contribution in [1.82, 2.24) is 25.1 Å². The summed E-state index contributed by atoms with van der Waals surface area (Å²) in [6, 6.07) is 3.91. The second-order valence-corrected chi connectivity index (χ2v) is 7.24. The third-order valence-corrected chi connectivity index (χ3v) is 4.49. The van der Waals surface area contributed by atoms with Crippen LogP contribution in [-0.4, -0.2) is 37.7 Å². The van der Waals surface area contributed by atoms with Crippen molar-refractivity contribution in [3.8, 4) is 5.82 Å². The monoisotopic (exact) mass is 506 g/mol. The Morgan fingerprint density at radius 3 is 2.35 bits per heavy atom. The molecule has 0 saturated heterocycles. The zero-order valence-corrected chi connectivity index (χ0v) is 17.6. The zero-order valence-electron chi connectivity index (χ0n) is 16.9. The van der Waals surface area contributed by atoms with Crippen LogP contribution in [-0.2, 0) is 11.0 Å². The van der Waals surface area contributed by atoms with Crippen molar-refractivity contribution >= 4 is 29.1 Å². The lowest BCUT2D eigenvalue weighted by Gasteiger charge is -2.15. The highest BCUT2D eigenvalue weighted by molar-refractivity contribution is 6.31. The van der Waals surface area contributed by atoms with Gasteiger partial charge in [0.1, 0.15) is 6.33 Å². The van der Waals surface area contributed by atoms with E-state index in [0.29, 0.717) is 12.1 Å². The Hall–Kier alpha value is -3.68. The number of aromatic nitrogens is 4. The average Bonchev–Trinajstić information content (AvgIpc) is 3.22. The number of anilines is 1. The number of nitrogens with zero attached hydrogens (tertiary/aromatic N) is 4. The molecule has 1 atom stereocenters. The number of nitrogens with one attached hydrogen (secondary N) is 2. The molecule has 34 heavy (non-hydrogen) atoms. The minimum absolute atomic E-state index is 0.0840. The smallest absolute Gasteiger partial charge is 0.342 e. The summed E-state index contributed by atoms with van der Waals surface area (Å²) in [6.07, 6.45) is -7.71. The second-order valence-electron chi connectivity index (χ2n) is 6.81. The molecule has 3 aromatic rings. The highest BCUT2D eigenvalue weighted by Gasteiger charge is 2.38. The fourth-order valence-corrected chi connectivity index (χ4v) is 2.97. The first-order valence-corrected chi connectivity index (χ1v) is 9.56. The predicted octanol–water partition coefficient (Wildman–Crippen LogP) is 4.33. The minimum Gasteiger partial charge on any atom is -0.342 e. The lowest BCUT2D eigenvalue weighted by atomic mass is 10.1. The molecule has 0 aliphatic rings. The lowest BCUT2D eigenvalue weighted by Crippen LogP contribution is -2.30. The van der Waals surface area contributed by atoms with E-state index in [1.54, 1.807) is 5.32 Å². The number of benzene rings is 1. The van der Waals surface area contributed by atoms with Crippen LogP contribution in [0.2, 0.25) is 5.02 Å². The maximum atomic E-state index is 13.0. The van der Waals surface area contributed by atoms with Crippen molar-refractivity contribution in [2.75, 3.05) is 5.32 Å². The van der Waals surface area contributed by atoms with Gasteiger partial charge in [0.25, 0.3) is 5.91 Å². The molecule has 2 heterocycles. The van der Waals surface area contributed by atoms with Gasteiger partial charge in [0, 0.05) is 10.6 Å². The Bertz CT molecular complexity index is 1210. The highest BCUT2D eigenvalue weighted by atomic mass is 35.5. The Labute approximate surface area is 192 Å². The van der Waals surface area contributed by atoms with E-state index in [4.69, 9.17) is 11.6 Å². The molecule has 2 aromatic heterocycles. The molecule has 180 valence electrons. The molecule has 8 nitrogen and oxygen atoms in total. The number of amides is 2. The van der Waals surface area contributed by atoms with Crippen molar-refractivity contribution in [1.29, 1.82) is 0 Å². The summed E-state index contributed by atoms with van der Waals surface area (Å²) in [7, 11) is 0. The van der Waals surface area contributed by atoms with Gasteiger partial charge >= 0.3 is 18.3 Å². The number of hydrogen-bond acceptors (Lipinski definition) is 5. The van der Waals surface area contributed by atoms with Crippen molar-refractivity contribution in [2.45, 2.75) is 25.3 Å². The number of rotatable bonds is 5. The van der Waals surface area contributed by atoms with E-state index in [0.717, 1.165) is 29.3 Å². The summed E-state index contributed by atoms with van der Waals surface area (Å²) in [6.45, 7) is 1.48. The molecule has 2 amide bonds. The summed E-state index contributed by atoms with van der Waals surface area (Å²) >= 11 is 5.71. The predicted molar refractivity (Wildman–Crippen MR) is 106 cm³/mol. The summed E-state index contributed by atoms with van der Waals surface area (Å²) < 4.78 is 77.2. The first-order valence-electron chi connectivity index (χ1n) is 9.19. The third kappa shape index (κ3) is 5.81. The molecule has 0 aliphatic heterocycles. The van der Waals surface area contributed by atoms with E-state index in [1.165, 1.54) is 13.0 Å². The molecule has 0 aliphatic carbocycles. The molecule has 0 saturated carbocycles. The molecule has 0 unspecified atom stereocenters. The van der Waals surface area contributed by atoms with E-state index in [9.17, 15) is 35.9 Å². The Morgan fingerprint density at radius 2 is 1.76 bits per heavy atom. The molecule has 0 fully saturated rings. The second kappa shape index (κ2) is 9.29. The van der Waals surface area contributed by atoms with E-state index < -0.39 is 35.8 Å². The molecular weight excluding hydrogens is 494 g/mol. The Balaban J connectivity index is 1.77. The van der Waals surface area contributed by atoms with Gasteiger partial charge in [-0.15, -0.1) is 0 Å². The van der Waals surface area contributed by atoms with Crippen LogP contribution in [0.25, 0.3) is 5.82 Å². The summed E-state index contributed by atoms with van der Waals surface area (Å²) in [5.74, 6) is -2.84. The van der Waals surface area contributed by atoms with Crippen LogP contribution in [0.1, 0.15) is 34.7 Å². The first-order chi connectivity index (χ1) is 15.8. The van der Waals surface area contributed by atoms with Gasteiger partial charge in [-0.1, -0.05) is 11.6 Å². The number of alkyl halides is 6. The molecule has 15 heteroatoms. The van der Waals surface area contributed by atoms with Crippen molar-refractivity contribution < 1.29 is 35.9 Å². The van der Waals surface area contributed by atoms with E-state index in [2.05, 4.69) is 20.4 Å². The van der Waals surface area contributed by atoms with Crippen LogP contribution >= 0.6 is 11.6 Å². The van der Waals surface area contributed by atoms with Gasteiger partial charge in [0.05, 0.1) is 23.5 Å². The Morgan fingerprint density at radius 1 is 1.06 bits per heavy atom. The largest absolute Gasteiger partial charge is 0.471 e. The van der Waals surface area contributed by atoms with Gasteiger partial charge in [0.15, 0.2) is 11.6 Å². The van der Waals surface area contributed by atoms with Crippen molar-refractivity contribution in [2.24, 2.45) is 0 Å². The van der Waals surface area contributed by atoms with Gasteiger partial charge in [-0.05, 0) is 37.3 Å². The first kappa shape index (κ1) is 25.0. The normalized spacial score (nSPS) is 12.8. The fraction of sp³-hybridized carbons (Fsp3) is 0.211. The molecular formula is C19H13ClF6N6O2. The topological polar surface area (TPSA) is 102 Å². The fourth-order valence-electron chi connectivity index (χ4n) is 2.74. The van der Waals surface area contributed by atoms with Crippen LogP contribution in [0.4, 0.5) is 32.0 Å². The SMILES string of the molecule is C[C@H](NC(=O)c1cc(Cl)cc(C(F)(F)F)c1)c1ncnn1-c1ccc(NC(=O)C(F)(F)F)cn1. The molecule has 0 bridgehead atoms. The van der Waals surface area contributed by atoms with E-state index in [1.807, 2.05) is 0 Å². The van der Waals surface area contributed by atoms with E-state index in [-0.39, 0.29) is 27.9 Å². The maximum Gasteiger partial charge on any atom is 0.471 e. The quantitative estimate of drug-likeness (QED) is 0.502. The van der Waals surface area contributed by atoms with Crippen LogP contribution in [0.3, 0.4) is 0 Å². The Kier molecular flexibility index (Phi) is 6.82. The van der Waals surface area contributed by atoms with Gasteiger partial charge in [-0.3, -0.25) is 9.59 Å². The number of pyridine rings is 1. The number of carbonyl (C=O) groups is 2. The summed E-state index contributed by atoms with van der Waals surface area (Å²) in [5, 5.41) is 7.76. The minimum atomic E-state index is -5.07. The van der Waals surface area contributed by atoms with Crippen LogP contribution in [0, 0.1) is 0 Å². The highest BCUT2D eigenvalue weighted by Crippen LogP contribution is 2.32. The summed E-state index contributed by atoms with van der Waals surface area (Å²) in [5.41, 5.74) is -1.65. The van der Waals surface area contributed by atoms with Crippen molar-refractivity contribution in [3.05, 3.63) is 64.8 Å². The zero-order chi connectivity index (χ0) is 25.3. The van der Waals surface area contributed by atoms with Gasteiger partial charge < -0.3 is 10.6 Å². The number of carbonyl (C=O) groups excluding carboxylic acids is 2. The van der Waals surface area contributed by atoms with Crippen LogP contribution in [0.15, 0.2) is 42.9 Å². The van der Waals surface area contributed by atoms with Gasteiger partial charge in [0.2, 0.25) is 0 Å². The lowest BCUT2D eigenvalue weighted by molar-refractivity contribution is -0.167. The van der Waals surface area contributed by atoms with E-state index >= 15 is 0 Å². The van der Waals surface area contributed by atoms with Crippen molar-refractivity contribution in [3.63, 3.8) is 0 Å². The third-order valence-electron chi connectivity index (χ3n) is 4.28. The van der Waals surface area contributed by atoms with Gasteiger partial charge in [-0.25, -0.2) is 9.97 Å². The number of hydrogen-bond donors (Lipinski definition) is 2. The molecule has 1 aromatic carbocycles. The van der Waals surface area contributed by atoms with Crippen LogP contribution in [0.5, 0.6) is 0 Å². The number of halogens is 7. The average molecular weight is 507 g/mol. The molecule has 0 spiro atoms. The standard InChI is InChI=1S/C19H13ClF6N6O2/c1-9(30-16(33)10-4-11(18(21,22)23)6-12(20)5-10)15-28-8-29-32(15)14-3-2-13(7-27-14)31-17(34)19(24,25)26/h2-9H,1H3,(H,30,33)(H,31,34)/t9-/m0/s1. The maximum absolute atomic E-state index is 13.0.